The highest BCUT2D eigenvalue weighted by molar-refractivity contribution is 7.99. The number of hydrogen-bond donors (Lipinski definition) is 0. The molecule has 6 heteroatoms. The molecular formula is C18H16ClN3OS. The molecule has 0 aliphatic heterocycles. The Labute approximate surface area is 150 Å². The Morgan fingerprint density at radius 1 is 1.12 bits per heavy atom. The Kier molecular flexibility index (Phi) is 5.23. The lowest BCUT2D eigenvalue weighted by molar-refractivity contribution is 0.215. The van der Waals surface area contributed by atoms with Gasteiger partial charge in [0, 0.05) is 22.5 Å². The third-order valence-corrected chi connectivity index (χ3v) is 4.83. The van der Waals surface area contributed by atoms with E-state index in [1.807, 2.05) is 66.3 Å². The van der Waals surface area contributed by atoms with Crippen molar-refractivity contribution in [2.45, 2.75) is 9.92 Å². The summed E-state index contributed by atoms with van der Waals surface area (Å²) in [5.74, 6) is 0. The van der Waals surface area contributed by atoms with E-state index < -0.39 is 0 Å². The predicted molar refractivity (Wildman–Crippen MR) is 98.8 cm³/mol. The van der Waals surface area contributed by atoms with Crippen molar-refractivity contribution >= 4 is 29.6 Å². The molecule has 0 bridgehead atoms. The molecule has 24 heavy (non-hydrogen) atoms. The highest BCUT2D eigenvalue weighted by Gasteiger charge is 2.17. The van der Waals surface area contributed by atoms with Crippen LogP contribution in [0.3, 0.4) is 0 Å². The van der Waals surface area contributed by atoms with Crippen LogP contribution in [0, 0.1) is 0 Å². The van der Waals surface area contributed by atoms with E-state index in [4.69, 9.17) is 16.4 Å². The van der Waals surface area contributed by atoms with E-state index in [0.29, 0.717) is 0 Å². The molecule has 2 aromatic carbocycles. The fourth-order valence-corrected chi connectivity index (χ4v) is 3.34. The summed E-state index contributed by atoms with van der Waals surface area (Å²) < 4.78 is 1.86. The normalized spacial score (nSPS) is 11.1. The Hall–Kier alpha value is -2.24. The average Bonchev–Trinajstić information content (AvgIpc) is 2.92. The monoisotopic (exact) mass is 357 g/mol. The number of hydrogen-bond acceptors (Lipinski definition) is 4. The molecule has 3 rings (SSSR count). The van der Waals surface area contributed by atoms with E-state index in [-0.39, 0.29) is 0 Å². The predicted octanol–water partition coefficient (Wildman–Crippen LogP) is 4.87. The van der Waals surface area contributed by atoms with Gasteiger partial charge in [-0.3, -0.25) is 4.68 Å². The molecular weight excluding hydrogens is 342 g/mol. The van der Waals surface area contributed by atoms with Gasteiger partial charge in [0.2, 0.25) is 0 Å². The molecule has 0 unspecified atom stereocenters. The number of oxime groups is 1. The molecule has 4 nitrogen and oxygen atoms in total. The molecule has 0 spiro atoms. The van der Waals surface area contributed by atoms with E-state index in [0.717, 1.165) is 31.8 Å². The molecule has 0 fully saturated rings. The minimum atomic E-state index is 0.718. The Balaban J connectivity index is 2.06. The van der Waals surface area contributed by atoms with Crippen molar-refractivity contribution in [1.29, 1.82) is 0 Å². The van der Waals surface area contributed by atoms with E-state index >= 15 is 0 Å². The molecule has 3 aromatic rings. The Bertz CT molecular complexity index is 845. The fraction of sp³-hybridized carbons (Fsp3) is 0.111. The highest BCUT2D eigenvalue weighted by atomic mass is 35.5. The number of nitrogens with zero attached hydrogens (tertiary/aromatic N) is 3. The summed E-state index contributed by atoms with van der Waals surface area (Å²) in [4.78, 5) is 5.95. The molecule has 1 aromatic heterocycles. The second-order valence-corrected chi connectivity index (χ2v) is 6.53. The van der Waals surface area contributed by atoms with E-state index in [1.165, 1.54) is 7.11 Å². The van der Waals surface area contributed by atoms with Gasteiger partial charge in [0.05, 0.1) is 11.8 Å². The molecule has 1 heterocycles. The molecule has 0 saturated carbocycles. The van der Waals surface area contributed by atoms with Crippen molar-refractivity contribution in [1.82, 2.24) is 9.78 Å². The van der Waals surface area contributed by atoms with Crippen LogP contribution in [0.25, 0.3) is 11.3 Å². The topological polar surface area (TPSA) is 39.4 Å². The van der Waals surface area contributed by atoms with Crippen LogP contribution >= 0.6 is 23.4 Å². The SMILES string of the molecule is CO/N=C\c1c(-c2ccccc2)nn(C)c1Sc1ccc(Cl)cc1. The summed E-state index contributed by atoms with van der Waals surface area (Å²) in [6.45, 7) is 0. The van der Waals surface area contributed by atoms with E-state index in [1.54, 1.807) is 18.0 Å². The maximum absolute atomic E-state index is 5.97. The minimum absolute atomic E-state index is 0.718. The first kappa shape index (κ1) is 16.6. The summed E-state index contributed by atoms with van der Waals surface area (Å²) in [5.41, 5.74) is 2.83. The largest absolute Gasteiger partial charge is 0.399 e. The number of benzene rings is 2. The van der Waals surface area contributed by atoms with Crippen molar-refractivity contribution in [3.63, 3.8) is 0 Å². The Morgan fingerprint density at radius 2 is 1.83 bits per heavy atom. The first-order chi connectivity index (χ1) is 11.7. The molecule has 0 aliphatic rings. The molecule has 0 N–H and O–H groups in total. The molecule has 0 saturated heterocycles. The summed E-state index contributed by atoms with van der Waals surface area (Å²) in [6, 6.07) is 17.8. The zero-order chi connectivity index (χ0) is 16.9. The minimum Gasteiger partial charge on any atom is -0.399 e. The average molecular weight is 358 g/mol. The van der Waals surface area contributed by atoms with Crippen LogP contribution in [0.1, 0.15) is 5.56 Å². The standard InChI is InChI=1S/C18H16ClN3OS/c1-22-18(24-15-10-8-14(19)9-11-15)16(12-20-23-2)17(21-22)13-6-4-3-5-7-13/h3-12H,1-2H3/b20-12-. The van der Waals surface area contributed by atoms with E-state index in [2.05, 4.69) is 10.3 Å². The van der Waals surface area contributed by atoms with Crippen molar-refractivity contribution < 1.29 is 4.84 Å². The van der Waals surface area contributed by atoms with Crippen LogP contribution in [0.4, 0.5) is 0 Å². The van der Waals surface area contributed by atoms with Crippen LogP contribution in [0.2, 0.25) is 5.02 Å². The van der Waals surface area contributed by atoms with Gasteiger partial charge >= 0.3 is 0 Å². The zero-order valence-corrected chi connectivity index (χ0v) is 14.9. The summed E-state index contributed by atoms with van der Waals surface area (Å²) in [7, 11) is 3.45. The van der Waals surface area contributed by atoms with Crippen molar-refractivity contribution in [2.24, 2.45) is 12.2 Å². The summed E-state index contributed by atoms with van der Waals surface area (Å²) >= 11 is 7.58. The van der Waals surface area contributed by atoms with Gasteiger partial charge in [0.25, 0.3) is 0 Å². The van der Waals surface area contributed by atoms with Gasteiger partial charge in [-0.2, -0.15) is 5.10 Å². The smallest absolute Gasteiger partial charge is 0.108 e. The van der Waals surface area contributed by atoms with Gasteiger partial charge in [-0.05, 0) is 24.3 Å². The van der Waals surface area contributed by atoms with Gasteiger partial charge in [-0.1, -0.05) is 58.9 Å². The van der Waals surface area contributed by atoms with Crippen molar-refractivity contribution in [3.05, 3.63) is 65.2 Å². The quantitative estimate of drug-likeness (QED) is 0.483. The lowest BCUT2D eigenvalue weighted by Crippen LogP contribution is -1.93. The summed E-state index contributed by atoms with van der Waals surface area (Å²) in [5, 5.41) is 10.3. The number of aromatic nitrogens is 2. The van der Waals surface area contributed by atoms with E-state index in [9.17, 15) is 0 Å². The van der Waals surface area contributed by atoms with Gasteiger partial charge in [0.15, 0.2) is 0 Å². The highest BCUT2D eigenvalue weighted by Crippen LogP contribution is 2.35. The van der Waals surface area contributed by atoms with Crippen LogP contribution < -0.4 is 0 Å². The lowest BCUT2D eigenvalue weighted by atomic mass is 10.1. The first-order valence-corrected chi connectivity index (χ1v) is 8.51. The number of halogens is 1. The zero-order valence-electron chi connectivity index (χ0n) is 13.3. The first-order valence-electron chi connectivity index (χ1n) is 7.31. The van der Waals surface area contributed by atoms with Gasteiger partial charge in [-0.15, -0.1) is 0 Å². The molecule has 122 valence electrons. The third-order valence-electron chi connectivity index (χ3n) is 3.39. The third kappa shape index (κ3) is 3.63. The molecule has 0 radical (unpaired) electrons. The van der Waals surface area contributed by atoms with Crippen LogP contribution in [-0.4, -0.2) is 23.1 Å². The maximum atomic E-state index is 5.97. The van der Waals surface area contributed by atoms with Crippen molar-refractivity contribution in [3.8, 4) is 11.3 Å². The molecule has 0 atom stereocenters. The second-order valence-electron chi connectivity index (χ2n) is 5.03. The van der Waals surface area contributed by atoms with Crippen LogP contribution in [-0.2, 0) is 11.9 Å². The second kappa shape index (κ2) is 7.55. The van der Waals surface area contributed by atoms with Crippen molar-refractivity contribution in [2.75, 3.05) is 7.11 Å². The Morgan fingerprint density at radius 3 is 2.50 bits per heavy atom. The number of rotatable bonds is 5. The van der Waals surface area contributed by atoms with Gasteiger partial charge in [-0.25, -0.2) is 0 Å². The van der Waals surface area contributed by atoms with Crippen LogP contribution in [0.5, 0.6) is 0 Å². The van der Waals surface area contributed by atoms with Gasteiger partial charge in [0.1, 0.15) is 17.8 Å². The summed E-state index contributed by atoms with van der Waals surface area (Å²) in [6.07, 6.45) is 1.70. The molecule has 0 aliphatic carbocycles. The molecule has 0 amide bonds. The lowest BCUT2D eigenvalue weighted by Gasteiger charge is -2.04. The van der Waals surface area contributed by atoms with Crippen LogP contribution in [0.15, 0.2) is 69.7 Å². The fourth-order valence-electron chi connectivity index (χ4n) is 2.29. The van der Waals surface area contributed by atoms with Gasteiger partial charge < -0.3 is 4.84 Å². The number of aryl methyl sites for hydroxylation is 1. The maximum Gasteiger partial charge on any atom is 0.108 e.